The first-order chi connectivity index (χ1) is 18.4. The zero-order valence-corrected chi connectivity index (χ0v) is 24.2. The predicted molar refractivity (Wildman–Crippen MR) is 154 cm³/mol. The molecule has 0 aliphatic heterocycles. The Morgan fingerprint density at radius 3 is 2.10 bits per heavy atom. The van der Waals surface area contributed by atoms with Gasteiger partial charge < -0.3 is 23.9 Å². The molecule has 2 N–H and O–H groups in total. The van der Waals surface area contributed by atoms with Gasteiger partial charge in [-0.05, 0) is 68.9 Å². The van der Waals surface area contributed by atoms with Gasteiger partial charge in [0, 0.05) is 0 Å². The van der Waals surface area contributed by atoms with Gasteiger partial charge in [-0.3, -0.25) is 4.79 Å². The molecule has 2 aromatic rings. The number of aliphatic imine (C=N–C) groups is 1. The summed E-state index contributed by atoms with van der Waals surface area (Å²) in [5.74, 6) is -0.788. The number of ether oxygens (including phenoxy) is 2. The van der Waals surface area contributed by atoms with Gasteiger partial charge in [0.15, 0.2) is 18.3 Å². The molecular formula is C30H39NO7S. The van der Waals surface area contributed by atoms with E-state index in [9.17, 15) is 19.8 Å². The molecule has 0 bridgehead atoms. The van der Waals surface area contributed by atoms with Crippen LogP contribution in [0.4, 0.5) is 0 Å². The summed E-state index contributed by atoms with van der Waals surface area (Å²) in [4.78, 5) is 30.4. The summed E-state index contributed by atoms with van der Waals surface area (Å²) in [5.41, 5.74) is 0.423. The van der Waals surface area contributed by atoms with Crippen molar-refractivity contribution in [1.82, 2.24) is 0 Å². The van der Waals surface area contributed by atoms with Crippen molar-refractivity contribution in [3.05, 3.63) is 77.4 Å². The average molecular weight is 558 g/mol. The van der Waals surface area contributed by atoms with Gasteiger partial charge in [-0.15, -0.1) is 0 Å². The van der Waals surface area contributed by atoms with Crippen molar-refractivity contribution >= 4 is 31.1 Å². The summed E-state index contributed by atoms with van der Waals surface area (Å²) in [6.07, 6.45) is -2.68. The molecule has 0 aliphatic rings. The van der Waals surface area contributed by atoms with Crippen LogP contribution in [0.15, 0.2) is 76.8 Å². The molecule has 0 fully saturated rings. The molecule has 0 unspecified atom stereocenters. The Labute approximate surface area is 236 Å². The standard InChI is InChI=1S/C30H39NO7S/c1-7-24(38-39)30(5,6)28(34)26(32)20(3)19(2)21(4)37-29(35)27(33)25(22-14-10-8-11-15-22)31-18-36-23-16-12-9-13-17-23/h8-18,21,24-27,32-33,39H,7H2,1-6H3/b20-19+,31-18?/t21-,24-,25-,26+,27+/m0/s1. The quantitative estimate of drug-likeness (QED) is 0.0743. The largest absolute Gasteiger partial charge is 0.456 e. The van der Waals surface area contributed by atoms with Crippen LogP contribution >= 0.6 is 12.9 Å². The van der Waals surface area contributed by atoms with Crippen LogP contribution in [0.25, 0.3) is 0 Å². The Bertz CT molecular complexity index is 1130. The van der Waals surface area contributed by atoms with Crippen LogP contribution in [0.5, 0.6) is 5.75 Å². The normalized spacial score (nSPS) is 16.5. The van der Waals surface area contributed by atoms with E-state index < -0.39 is 47.6 Å². The minimum atomic E-state index is -1.64. The number of Topliss-reactive ketones (excluding diaryl/α,β-unsaturated/α-hetero) is 1. The maximum atomic E-state index is 13.1. The van der Waals surface area contributed by atoms with Crippen LogP contribution in [-0.4, -0.2) is 52.8 Å². The third-order valence-corrected chi connectivity index (χ3v) is 7.21. The molecule has 5 atom stereocenters. The number of aliphatic hydroxyl groups excluding tert-OH is 2. The van der Waals surface area contributed by atoms with Gasteiger partial charge in [0.05, 0.1) is 11.5 Å². The van der Waals surface area contributed by atoms with Crippen molar-refractivity contribution in [2.24, 2.45) is 10.4 Å². The fourth-order valence-electron chi connectivity index (χ4n) is 4.08. The van der Waals surface area contributed by atoms with Gasteiger partial charge in [0.25, 0.3) is 0 Å². The first kappa shape index (κ1) is 32.2. The van der Waals surface area contributed by atoms with E-state index in [1.165, 1.54) is 6.40 Å². The molecule has 0 radical (unpaired) electrons. The second-order valence-electron chi connectivity index (χ2n) is 9.92. The fourth-order valence-corrected chi connectivity index (χ4v) is 4.49. The van der Waals surface area contributed by atoms with Gasteiger partial charge in [0.2, 0.25) is 0 Å². The Morgan fingerprint density at radius 2 is 1.56 bits per heavy atom. The smallest absolute Gasteiger partial charge is 0.338 e. The van der Waals surface area contributed by atoms with Gasteiger partial charge in [-0.2, -0.15) is 0 Å². The van der Waals surface area contributed by atoms with Gasteiger partial charge in [-0.25, -0.2) is 9.79 Å². The van der Waals surface area contributed by atoms with E-state index in [2.05, 4.69) is 17.9 Å². The molecule has 39 heavy (non-hydrogen) atoms. The number of hydrogen-bond donors (Lipinski definition) is 3. The van der Waals surface area contributed by atoms with E-state index >= 15 is 0 Å². The summed E-state index contributed by atoms with van der Waals surface area (Å²) in [6, 6.07) is 16.8. The molecule has 0 heterocycles. The number of thiol groups is 1. The molecule has 0 spiro atoms. The van der Waals surface area contributed by atoms with Crippen LogP contribution in [0, 0.1) is 5.41 Å². The number of para-hydroxylation sites is 1. The summed E-state index contributed by atoms with van der Waals surface area (Å²) in [7, 11) is 0. The second-order valence-corrected chi connectivity index (χ2v) is 10.1. The predicted octanol–water partition coefficient (Wildman–Crippen LogP) is 5.06. The van der Waals surface area contributed by atoms with E-state index in [1.807, 2.05) is 31.2 Å². The molecular weight excluding hydrogens is 518 g/mol. The number of esters is 1. The van der Waals surface area contributed by atoms with Crippen LogP contribution in [0.2, 0.25) is 0 Å². The summed E-state index contributed by atoms with van der Waals surface area (Å²) < 4.78 is 16.2. The highest BCUT2D eigenvalue weighted by Crippen LogP contribution is 2.32. The number of carbonyl (C=O) groups is 2. The first-order valence-electron chi connectivity index (χ1n) is 12.8. The Kier molecular flexibility index (Phi) is 12.4. The zero-order valence-electron chi connectivity index (χ0n) is 23.3. The Hall–Kier alpha value is -2.98. The zero-order chi connectivity index (χ0) is 29.2. The van der Waals surface area contributed by atoms with Crippen molar-refractivity contribution in [2.75, 3.05) is 0 Å². The first-order valence-corrected chi connectivity index (χ1v) is 13.2. The second kappa shape index (κ2) is 15.0. The highest BCUT2D eigenvalue weighted by atomic mass is 32.1. The lowest BCUT2D eigenvalue weighted by molar-refractivity contribution is -0.157. The lowest BCUT2D eigenvalue weighted by Gasteiger charge is -2.33. The topological polar surface area (TPSA) is 115 Å². The highest BCUT2D eigenvalue weighted by molar-refractivity contribution is 7.75. The summed E-state index contributed by atoms with van der Waals surface area (Å²) >= 11 is 3.87. The third-order valence-electron chi connectivity index (χ3n) is 6.96. The number of nitrogens with zero attached hydrogens (tertiary/aromatic N) is 1. The number of carbonyl (C=O) groups excluding carboxylic acids is 2. The molecule has 2 aromatic carbocycles. The van der Waals surface area contributed by atoms with E-state index in [0.717, 1.165) is 0 Å². The van der Waals surface area contributed by atoms with Gasteiger partial charge >= 0.3 is 5.97 Å². The van der Waals surface area contributed by atoms with Crippen molar-refractivity contribution < 1.29 is 33.5 Å². The summed E-state index contributed by atoms with van der Waals surface area (Å²) in [6.45, 7) is 10.1. The van der Waals surface area contributed by atoms with Gasteiger partial charge in [0.1, 0.15) is 24.0 Å². The third kappa shape index (κ3) is 8.50. The maximum absolute atomic E-state index is 13.1. The van der Waals surface area contributed by atoms with Crippen molar-refractivity contribution in [3.8, 4) is 5.75 Å². The Morgan fingerprint density at radius 1 is 1.00 bits per heavy atom. The fraction of sp³-hybridized carbons (Fsp3) is 0.433. The van der Waals surface area contributed by atoms with E-state index in [0.29, 0.717) is 28.9 Å². The number of benzene rings is 2. The molecule has 0 amide bonds. The molecule has 8 nitrogen and oxygen atoms in total. The number of ketones is 1. The highest BCUT2D eigenvalue weighted by Gasteiger charge is 2.41. The van der Waals surface area contributed by atoms with E-state index in [1.54, 1.807) is 71.0 Å². The lowest BCUT2D eigenvalue weighted by atomic mass is 9.77. The SMILES string of the molecule is CC[C@H](OS)C(C)(C)C(=O)[C@H](O)/C(C)=C(\C)[C@H](C)OC(=O)[C@H](O)[C@@H](N=COc1ccccc1)c1ccccc1. The Balaban J connectivity index is 2.19. The van der Waals surface area contributed by atoms with Crippen molar-refractivity contribution in [1.29, 1.82) is 0 Å². The van der Waals surface area contributed by atoms with E-state index in [4.69, 9.17) is 13.7 Å². The minimum Gasteiger partial charge on any atom is -0.456 e. The molecule has 0 saturated carbocycles. The van der Waals surface area contributed by atoms with Crippen LogP contribution in [0.1, 0.15) is 59.6 Å². The number of hydrogen-bond acceptors (Lipinski definition) is 9. The lowest BCUT2D eigenvalue weighted by Crippen LogP contribution is -2.44. The molecule has 212 valence electrons. The number of rotatable bonds is 14. The maximum Gasteiger partial charge on any atom is 0.338 e. The monoisotopic (exact) mass is 557 g/mol. The molecule has 0 saturated heterocycles. The summed E-state index contributed by atoms with van der Waals surface area (Å²) in [5, 5.41) is 21.8. The molecule has 9 heteroatoms. The van der Waals surface area contributed by atoms with Crippen LogP contribution in [0.3, 0.4) is 0 Å². The number of aliphatic hydroxyl groups is 2. The molecule has 2 rings (SSSR count). The average Bonchev–Trinajstić information content (AvgIpc) is 2.94. The minimum absolute atomic E-state index is 0.353. The van der Waals surface area contributed by atoms with Gasteiger partial charge in [-0.1, -0.05) is 69.3 Å². The van der Waals surface area contributed by atoms with Crippen molar-refractivity contribution in [2.45, 2.75) is 78.4 Å². The van der Waals surface area contributed by atoms with Crippen molar-refractivity contribution in [3.63, 3.8) is 0 Å². The molecule has 0 aliphatic carbocycles. The van der Waals surface area contributed by atoms with Crippen LogP contribution in [-0.2, 0) is 18.5 Å². The van der Waals surface area contributed by atoms with Crippen LogP contribution < -0.4 is 4.74 Å². The molecule has 0 aromatic heterocycles. The van der Waals surface area contributed by atoms with E-state index in [-0.39, 0.29) is 0 Å².